The lowest BCUT2D eigenvalue weighted by molar-refractivity contribution is 0.543. The van der Waals surface area contributed by atoms with Gasteiger partial charge in [0.05, 0.1) is 23.0 Å². The van der Waals surface area contributed by atoms with E-state index >= 15 is 0 Å². The molecule has 3 N–H and O–H groups in total. The van der Waals surface area contributed by atoms with Gasteiger partial charge in [0.25, 0.3) is 0 Å². The lowest BCUT2D eigenvalue weighted by Gasteiger charge is -2.18. The van der Waals surface area contributed by atoms with Gasteiger partial charge in [0.2, 0.25) is 0 Å². The minimum Gasteiger partial charge on any atom is -0.271 e. The third kappa shape index (κ3) is 3.17. The van der Waals surface area contributed by atoms with Gasteiger partial charge in [-0.3, -0.25) is 10.5 Å². The summed E-state index contributed by atoms with van der Waals surface area (Å²) in [6.45, 7) is 4.92. The second-order valence-electron chi connectivity index (χ2n) is 4.30. The summed E-state index contributed by atoms with van der Waals surface area (Å²) in [5.74, 6) is 6.79. The molecular weight excluding hydrogens is 292 g/mol. The highest BCUT2D eigenvalue weighted by Gasteiger charge is 2.20. The minimum atomic E-state index is -0.161. The van der Waals surface area contributed by atoms with Crippen molar-refractivity contribution in [3.05, 3.63) is 46.7 Å². The first-order chi connectivity index (χ1) is 9.71. The molecule has 0 bridgehead atoms. The predicted molar refractivity (Wildman–Crippen MR) is 84.9 cm³/mol. The van der Waals surface area contributed by atoms with E-state index in [0.717, 1.165) is 23.6 Å². The summed E-state index contributed by atoms with van der Waals surface area (Å²) in [6.07, 6.45) is 1.66. The number of hydrazine groups is 1. The van der Waals surface area contributed by atoms with Gasteiger partial charge in [0.15, 0.2) is 0 Å². The molecule has 0 spiro atoms. The first-order valence-corrected chi connectivity index (χ1v) is 7.97. The number of halogens is 1. The summed E-state index contributed by atoms with van der Waals surface area (Å²) in [5.41, 5.74) is 4.81. The van der Waals surface area contributed by atoms with Crippen LogP contribution in [-0.2, 0) is 6.54 Å². The summed E-state index contributed by atoms with van der Waals surface area (Å²) < 4.78 is 1.86. The fourth-order valence-electron chi connectivity index (χ4n) is 2.17. The number of benzene rings is 1. The molecule has 0 saturated carbocycles. The average molecular weight is 311 g/mol. The normalized spacial score (nSPS) is 12.6. The van der Waals surface area contributed by atoms with Gasteiger partial charge in [-0.15, -0.1) is 11.8 Å². The van der Waals surface area contributed by atoms with Crippen molar-refractivity contribution in [2.24, 2.45) is 5.84 Å². The maximum atomic E-state index is 6.25. The van der Waals surface area contributed by atoms with Crippen LogP contribution < -0.4 is 11.3 Å². The van der Waals surface area contributed by atoms with Crippen molar-refractivity contribution >= 4 is 23.4 Å². The molecule has 0 amide bonds. The van der Waals surface area contributed by atoms with Crippen LogP contribution in [0.1, 0.15) is 31.1 Å². The van der Waals surface area contributed by atoms with Crippen LogP contribution in [0.2, 0.25) is 5.02 Å². The van der Waals surface area contributed by atoms with Crippen LogP contribution in [0.15, 0.2) is 35.4 Å². The smallest absolute Gasteiger partial charge is 0.0893 e. The molecule has 1 aromatic carbocycles. The van der Waals surface area contributed by atoms with Crippen LogP contribution in [-0.4, -0.2) is 15.5 Å². The number of hydrogen-bond donors (Lipinski definition) is 2. The number of rotatable bonds is 6. The molecule has 0 aliphatic heterocycles. The quantitative estimate of drug-likeness (QED) is 0.489. The zero-order valence-corrected chi connectivity index (χ0v) is 13.2. The summed E-state index contributed by atoms with van der Waals surface area (Å²) in [5, 5.41) is 4.89. The molecule has 0 aliphatic rings. The maximum Gasteiger partial charge on any atom is 0.0893 e. The van der Waals surface area contributed by atoms with Crippen LogP contribution in [0, 0.1) is 0 Å². The number of hydrogen-bond acceptors (Lipinski definition) is 4. The van der Waals surface area contributed by atoms with E-state index in [1.165, 1.54) is 4.90 Å². The molecular formula is C14H19ClN4S. The molecule has 2 rings (SSSR count). The second kappa shape index (κ2) is 7.13. The van der Waals surface area contributed by atoms with E-state index in [0.29, 0.717) is 5.02 Å². The maximum absolute atomic E-state index is 6.25. The second-order valence-corrected chi connectivity index (χ2v) is 6.04. The van der Waals surface area contributed by atoms with E-state index in [9.17, 15) is 0 Å². The van der Waals surface area contributed by atoms with E-state index in [2.05, 4.69) is 41.7 Å². The summed E-state index contributed by atoms with van der Waals surface area (Å²) in [7, 11) is 0. The number of nitrogens with two attached hydrogens (primary N) is 1. The van der Waals surface area contributed by atoms with Gasteiger partial charge in [-0.1, -0.05) is 30.7 Å². The number of aromatic nitrogens is 2. The van der Waals surface area contributed by atoms with E-state index in [1.807, 2.05) is 23.4 Å². The van der Waals surface area contributed by atoms with E-state index < -0.39 is 0 Å². The molecule has 0 aliphatic carbocycles. The van der Waals surface area contributed by atoms with Gasteiger partial charge in [0.1, 0.15) is 0 Å². The van der Waals surface area contributed by atoms with Crippen molar-refractivity contribution in [3.8, 4) is 0 Å². The molecule has 0 saturated heterocycles. The Morgan fingerprint density at radius 2 is 2.05 bits per heavy atom. The molecule has 1 aromatic heterocycles. The molecule has 0 radical (unpaired) electrons. The Labute approximate surface area is 128 Å². The van der Waals surface area contributed by atoms with Crippen molar-refractivity contribution in [1.29, 1.82) is 0 Å². The molecule has 1 atom stereocenters. The third-order valence-electron chi connectivity index (χ3n) is 3.10. The molecule has 0 fully saturated rings. The molecule has 1 unspecified atom stereocenters. The van der Waals surface area contributed by atoms with Crippen molar-refractivity contribution in [3.63, 3.8) is 0 Å². The van der Waals surface area contributed by atoms with Crippen molar-refractivity contribution in [1.82, 2.24) is 15.2 Å². The number of thioether (sulfide) groups is 1. The van der Waals surface area contributed by atoms with Crippen LogP contribution in [0.25, 0.3) is 0 Å². The lowest BCUT2D eigenvalue weighted by atomic mass is 10.0. The first kappa shape index (κ1) is 15.4. The van der Waals surface area contributed by atoms with E-state index in [1.54, 1.807) is 6.20 Å². The lowest BCUT2D eigenvalue weighted by Crippen LogP contribution is -2.30. The van der Waals surface area contributed by atoms with Crippen LogP contribution in [0.5, 0.6) is 0 Å². The minimum absolute atomic E-state index is 0.161. The largest absolute Gasteiger partial charge is 0.271 e. The van der Waals surface area contributed by atoms with Crippen molar-refractivity contribution in [2.45, 2.75) is 31.3 Å². The van der Waals surface area contributed by atoms with E-state index in [-0.39, 0.29) is 6.04 Å². The Bertz CT molecular complexity index is 553. The molecule has 4 nitrogen and oxygen atoms in total. The summed E-state index contributed by atoms with van der Waals surface area (Å²) >= 11 is 8.06. The monoisotopic (exact) mass is 310 g/mol. The predicted octanol–water partition coefficient (Wildman–Crippen LogP) is 3.22. The molecule has 20 heavy (non-hydrogen) atoms. The Morgan fingerprint density at radius 3 is 2.60 bits per heavy atom. The van der Waals surface area contributed by atoms with Gasteiger partial charge in [-0.25, -0.2) is 5.43 Å². The average Bonchev–Trinajstić information content (AvgIpc) is 2.83. The standard InChI is InChI=1S/C14H19ClN4S/c1-3-19-14(12(15)9-17-19)13(18-16)10-5-7-11(8-6-10)20-4-2/h5-9,13,18H,3-4,16H2,1-2H3. The van der Waals surface area contributed by atoms with Crippen molar-refractivity contribution < 1.29 is 0 Å². The SMILES string of the molecule is CCSc1ccc(C(NN)c2c(Cl)cnn2CC)cc1. The van der Waals surface area contributed by atoms with Gasteiger partial charge < -0.3 is 0 Å². The molecule has 2 aromatic rings. The molecule has 108 valence electrons. The zero-order chi connectivity index (χ0) is 14.5. The van der Waals surface area contributed by atoms with Gasteiger partial charge in [-0.05, 0) is 30.4 Å². The van der Waals surface area contributed by atoms with Crippen LogP contribution >= 0.6 is 23.4 Å². The zero-order valence-electron chi connectivity index (χ0n) is 11.6. The number of aryl methyl sites for hydroxylation is 1. The highest BCUT2D eigenvalue weighted by Crippen LogP contribution is 2.29. The fourth-order valence-corrected chi connectivity index (χ4v) is 3.08. The topological polar surface area (TPSA) is 55.9 Å². The molecule has 6 heteroatoms. The van der Waals surface area contributed by atoms with Crippen LogP contribution in [0.3, 0.4) is 0 Å². The first-order valence-electron chi connectivity index (χ1n) is 6.61. The Balaban J connectivity index is 2.34. The van der Waals surface area contributed by atoms with Gasteiger partial charge in [0, 0.05) is 11.4 Å². The highest BCUT2D eigenvalue weighted by atomic mass is 35.5. The fraction of sp³-hybridized carbons (Fsp3) is 0.357. The Hall–Kier alpha value is -1.01. The third-order valence-corrected chi connectivity index (χ3v) is 4.28. The summed E-state index contributed by atoms with van der Waals surface area (Å²) in [6, 6.07) is 8.20. The number of nitrogens with zero attached hydrogens (tertiary/aromatic N) is 2. The van der Waals surface area contributed by atoms with Crippen molar-refractivity contribution in [2.75, 3.05) is 5.75 Å². The number of nitrogens with one attached hydrogen (secondary N) is 1. The summed E-state index contributed by atoms with van der Waals surface area (Å²) in [4.78, 5) is 1.25. The highest BCUT2D eigenvalue weighted by molar-refractivity contribution is 7.99. The van der Waals surface area contributed by atoms with Gasteiger partial charge >= 0.3 is 0 Å². The van der Waals surface area contributed by atoms with Crippen LogP contribution in [0.4, 0.5) is 0 Å². The van der Waals surface area contributed by atoms with Gasteiger partial charge in [-0.2, -0.15) is 5.10 Å². The Morgan fingerprint density at radius 1 is 1.35 bits per heavy atom. The van der Waals surface area contributed by atoms with E-state index in [4.69, 9.17) is 17.4 Å². The Kier molecular flexibility index (Phi) is 5.48. The molecule has 1 heterocycles.